The summed E-state index contributed by atoms with van der Waals surface area (Å²) in [5, 5.41) is 15.6. The van der Waals surface area contributed by atoms with E-state index in [9.17, 15) is 0 Å². The normalized spacial score (nSPS) is 14.8. The molecule has 1 heterocycles. The van der Waals surface area contributed by atoms with Crippen LogP contribution >= 0.6 is 0 Å². The van der Waals surface area contributed by atoms with Gasteiger partial charge in [-0.1, -0.05) is 27.2 Å². The largest absolute Gasteiger partial charge is 0.382 e. The van der Waals surface area contributed by atoms with Gasteiger partial charge in [0.15, 0.2) is 5.82 Å². The lowest BCUT2D eigenvalue weighted by Crippen LogP contribution is -2.28. The lowest BCUT2D eigenvalue weighted by atomic mass is 10.1. The van der Waals surface area contributed by atoms with Gasteiger partial charge < -0.3 is 10.1 Å². The summed E-state index contributed by atoms with van der Waals surface area (Å²) in [6.45, 7) is 10.2. The van der Waals surface area contributed by atoms with Gasteiger partial charge in [0.2, 0.25) is 0 Å². The quantitative estimate of drug-likeness (QED) is 0.742. The van der Waals surface area contributed by atoms with Crippen LogP contribution in [0.15, 0.2) is 0 Å². The minimum absolute atomic E-state index is 0.147. The van der Waals surface area contributed by atoms with Crippen LogP contribution in [0.2, 0.25) is 0 Å². The molecule has 0 aliphatic heterocycles. The van der Waals surface area contributed by atoms with Crippen LogP contribution in [0.25, 0.3) is 0 Å². The van der Waals surface area contributed by atoms with E-state index in [2.05, 4.69) is 48.5 Å². The summed E-state index contributed by atoms with van der Waals surface area (Å²) in [5.41, 5.74) is 0. The highest BCUT2D eigenvalue weighted by atomic mass is 16.5. The van der Waals surface area contributed by atoms with Crippen molar-refractivity contribution in [3.63, 3.8) is 0 Å². The first-order valence-corrected chi connectivity index (χ1v) is 7.10. The van der Waals surface area contributed by atoms with E-state index < -0.39 is 0 Å². The molecule has 0 aliphatic carbocycles. The summed E-state index contributed by atoms with van der Waals surface area (Å²) in [6, 6.07) is 0.358. The second-order valence-electron chi connectivity index (χ2n) is 5.40. The molecule has 0 fully saturated rings. The van der Waals surface area contributed by atoms with Gasteiger partial charge >= 0.3 is 0 Å². The summed E-state index contributed by atoms with van der Waals surface area (Å²) in [6.07, 6.45) is 2.10. The van der Waals surface area contributed by atoms with Crippen LogP contribution in [0.5, 0.6) is 0 Å². The summed E-state index contributed by atoms with van der Waals surface area (Å²) < 4.78 is 7.18. The molecule has 2 atom stereocenters. The molecule has 6 nitrogen and oxygen atoms in total. The van der Waals surface area contributed by atoms with Crippen molar-refractivity contribution in [3.8, 4) is 0 Å². The minimum Gasteiger partial charge on any atom is -0.382 e. The van der Waals surface area contributed by atoms with Gasteiger partial charge in [-0.2, -0.15) is 0 Å². The Morgan fingerprint density at radius 1 is 1.32 bits per heavy atom. The SMILES string of the molecule is CCCC(COC)n1nnnc1C(C)NCC(C)C. The number of hydrogen-bond acceptors (Lipinski definition) is 5. The van der Waals surface area contributed by atoms with Crippen LogP contribution in [0.1, 0.15) is 58.4 Å². The van der Waals surface area contributed by atoms with Gasteiger partial charge in [-0.15, -0.1) is 5.10 Å². The Balaban J connectivity index is 2.76. The van der Waals surface area contributed by atoms with E-state index in [4.69, 9.17) is 4.74 Å². The van der Waals surface area contributed by atoms with Crippen LogP contribution in [0.3, 0.4) is 0 Å². The maximum absolute atomic E-state index is 5.28. The molecule has 0 aliphatic rings. The zero-order valence-corrected chi connectivity index (χ0v) is 12.8. The molecular formula is C13H27N5O. The van der Waals surface area contributed by atoms with Crippen molar-refractivity contribution in [2.45, 2.75) is 52.6 Å². The molecule has 110 valence electrons. The summed E-state index contributed by atoms with van der Waals surface area (Å²) in [5.74, 6) is 1.49. The number of aromatic nitrogens is 4. The first-order chi connectivity index (χ1) is 9.10. The smallest absolute Gasteiger partial charge is 0.168 e. The Labute approximate surface area is 115 Å². The van der Waals surface area contributed by atoms with Gasteiger partial charge in [0.25, 0.3) is 0 Å². The molecule has 0 bridgehead atoms. The molecule has 6 heteroatoms. The third kappa shape index (κ3) is 4.87. The minimum atomic E-state index is 0.147. The lowest BCUT2D eigenvalue weighted by Gasteiger charge is -2.20. The first kappa shape index (κ1) is 16.0. The maximum atomic E-state index is 5.28. The molecule has 1 aromatic rings. The summed E-state index contributed by atoms with van der Waals surface area (Å²) in [7, 11) is 1.72. The van der Waals surface area contributed by atoms with Crippen LogP contribution in [0, 0.1) is 5.92 Å². The third-order valence-corrected chi connectivity index (χ3v) is 3.06. The zero-order chi connectivity index (χ0) is 14.3. The fraction of sp³-hybridized carbons (Fsp3) is 0.923. The number of nitrogens with one attached hydrogen (secondary N) is 1. The van der Waals surface area contributed by atoms with Gasteiger partial charge in [-0.05, 0) is 36.2 Å². The van der Waals surface area contributed by atoms with Crippen molar-refractivity contribution < 1.29 is 4.74 Å². The van der Waals surface area contributed by atoms with Crippen LogP contribution in [-0.2, 0) is 4.74 Å². The van der Waals surface area contributed by atoms with Gasteiger partial charge in [-0.3, -0.25) is 0 Å². The van der Waals surface area contributed by atoms with Gasteiger partial charge in [0.05, 0.1) is 18.7 Å². The first-order valence-electron chi connectivity index (χ1n) is 7.10. The highest BCUT2D eigenvalue weighted by molar-refractivity contribution is 4.92. The van der Waals surface area contributed by atoms with Crippen molar-refractivity contribution in [1.82, 2.24) is 25.5 Å². The molecular weight excluding hydrogens is 242 g/mol. The molecule has 0 aromatic carbocycles. The fourth-order valence-electron chi connectivity index (χ4n) is 2.05. The zero-order valence-electron chi connectivity index (χ0n) is 12.8. The highest BCUT2D eigenvalue weighted by Crippen LogP contribution is 2.18. The molecule has 1 N–H and O–H groups in total. The topological polar surface area (TPSA) is 64.9 Å². The molecule has 2 unspecified atom stereocenters. The second kappa shape index (κ2) is 8.22. The summed E-state index contributed by atoms with van der Waals surface area (Å²) in [4.78, 5) is 0. The maximum Gasteiger partial charge on any atom is 0.168 e. The van der Waals surface area contributed by atoms with Crippen LogP contribution < -0.4 is 5.32 Å². The van der Waals surface area contributed by atoms with E-state index in [0.29, 0.717) is 12.5 Å². The molecule has 1 aromatic heterocycles. The van der Waals surface area contributed by atoms with Gasteiger partial charge in [-0.25, -0.2) is 4.68 Å². The number of hydrogen-bond donors (Lipinski definition) is 1. The van der Waals surface area contributed by atoms with Crippen molar-refractivity contribution in [1.29, 1.82) is 0 Å². The van der Waals surface area contributed by atoms with Gasteiger partial charge in [0.1, 0.15) is 0 Å². The van der Waals surface area contributed by atoms with Crippen LogP contribution in [-0.4, -0.2) is 40.5 Å². The summed E-state index contributed by atoms with van der Waals surface area (Å²) >= 11 is 0. The molecule has 0 saturated heterocycles. The molecule has 0 amide bonds. The van der Waals surface area contributed by atoms with E-state index in [1.165, 1.54) is 0 Å². The Kier molecular flexibility index (Phi) is 6.94. The standard InChI is InChI=1S/C13H27N5O/c1-6-7-12(9-19-5)18-13(15-16-17-18)11(4)14-8-10(2)3/h10-12,14H,6-9H2,1-5H3. The fourth-order valence-corrected chi connectivity index (χ4v) is 2.05. The number of methoxy groups -OCH3 is 1. The molecule has 1 rings (SSSR count). The number of rotatable bonds is 9. The van der Waals surface area contributed by atoms with Crippen molar-refractivity contribution in [2.75, 3.05) is 20.3 Å². The molecule has 0 saturated carbocycles. The lowest BCUT2D eigenvalue weighted by molar-refractivity contribution is 0.140. The Morgan fingerprint density at radius 3 is 2.63 bits per heavy atom. The monoisotopic (exact) mass is 269 g/mol. The Bertz CT molecular complexity index is 347. The van der Waals surface area contributed by atoms with Crippen LogP contribution in [0.4, 0.5) is 0 Å². The van der Waals surface area contributed by atoms with E-state index in [0.717, 1.165) is 25.2 Å². The number of nitrogens with zero attached hydrogens (tertiary/aromatic N) is 4. The van der Waals surface area contributed by atoms with Gasteiger partial charge in [0, 0.05) is 7.11 Å². The predicted octanol–water partition coefficient (Wildman–Crippen LogP) is 1.97. The van der Waals surface area contributed by atoms with E-state index in [1.807, 2.05) is 4.68 Å². The number of tetrazole rings is 1. The van der Waals surface area contributed by atoms with E-state index >= 15 is 0 Å². The average molecular weight is 269 g/mol. The van der Waals surface area contributed by atoms with E-state index in [-0.39, 0.29) is 12.1 Å². The van der Waals surface area contributed by atoms with E-state index in [1.54, 1.807) is 7.11 Å². The molecule has 0 spiro atoms. The van der Waals surface area contributed by atoms with Crippen molar-refractivity contribution in [2.24, 2.45) is 5.92 Å². The molecule has 0 radical (unpaired) electrons. The van der Waals surface area contributed by atoms with Crippen molar-refractivity contribution >= 4 is 0 Å². The number of ether oxygens (including phenoxy) is 1. The Hall–Kier alpha value is -1.01. The highest BCUT2D eigenvalue weighted by Gasteiger charge is 2.20. The molecule has 19 heavy (non-hydrogen) atoms. The predicted molar refractivity (Wildman–Crippen MR) is 74.9 cm³/mol. The Morgan fingerprint density at radius 2 is 2.05 bits per heavy atom. The average Bonchev–Trinajstić information content (AvgIpc) is 2.84. The third-order valence-electron chi connectivity index (χ3n) is 3.06. The van der Waals surface area contributed by atoms with Crippen molar-refractivity contribution in [3.05, 3.63) is 5.82 Å². The second-order valence-corrected chi connectivity index (χ2v) is 5.40.